The van der Waals surface area contributed by atoms with Crippen molar-refractivity contribution in [2.45, 2.75) is 20.4 Å². The second-order valence-corrected chi connectivity index (χ2v) is 7.24. The lowest BCUT2D eigenvalue weighted by molar-refractivity contribution is -0.137. The summed E-state index contributed by atoms with van der Waals surface area (Å²) in [5, 5.41) is 3.13. The summed E-state index contributed by atoms with van der Waals surface area (Å²) in [6, 6.07) is 14.9. The number of halogens is 1. The number of hydrogen-bond acceptors (Lipinski definition) is 4. The first-order valence-corrected chi connectivity index (χ1v) is 9.53. The minimum Gasteiger partial charge on any atom is -0.350 e. The highest BCUT2D eigenvalue weighted by atomic mass is 19.1. The van der Waals surface area contributed by atoms with Gasteiger partial charge in [-0.2, -0.15) is 0 Å². The molecule has 2 amide bonds. The fraction of sp³-hybridized carbons (Fsp3) is 0.125. The van der Waals surface area contributed by atoms with Crippen LogP contribution in [0.2, 0.25) is 0 Å². The number of benzene rings is 2. The van der Waals surface area contributed by atoms with Crippen molar-refractivity contribution in [1.29, 1.82) is 0 Å². The second-order valence-electron chi connectivity index (χ2n) is 7.24. The van der Waals surface area contributed by atoms with Gasteiger partial charge in [-0.3, -0.25) is 19.5 Å². The molecule has 6 heteroatoms. The topological polar surface area (TPSA) is 62.3 Å². The highest BCUT2D eigenvalue weighted by Gasteiger charge is 2.39. The number of pyridine rings is 1. The Morgan fingerprint density at radius 3 is 2.40 bits per heavy atom. The summed E-state index contributed by atoms with van der Waals surface area (Å²) >= 11 is 0. The summed E-state index contributed by atoms with van der Waals surface area (Å²) < 4.78 is 13.4. The average Bonchev–Trinajstić information content (AvgIpc) is 2.96. The van der Waals surface area contributed by atoms with Gasteiger partial charge in [-0.1, -0.05) is 24.3 Å². The van der Waals surface area contributed by atoms with Gasteiger partial charge in [-0.05, 0) is 66.4 Å². The molecule has 5 nitrogen and oxygen atoms in total. The zero-order valence-electron chi connectivity index (χ0n) is 16.6. The highest BCUT2D eigenvalue weighted by Crippen LogP contribution is 2.32. The molecule has 0 fully saturated rings. The first-order valence-electron chi connectivity index (χ1n) is 9.53. The molecule has 3 aromatic rings. The molecule has 0 saturated carbocycles. The van der Waals surface area contributed by atoms with Crippen molar-refractivity contribution in [1.82, 2.24) is 9.88 Å². The van der Waals surface area contributed by atoms with Crippen LogP contribution in [0.25, 0.3) is 5.57 Å². The number of carbonyl (C=O) groups excluding carboxylic acids is 2. The molecular weight excluding hydrogens is 381 g/mol. The fourth-order valence-electron chi connectivity index (χ4n) is 3.36. The Balaban J connectivity index is 1.75. The summed E-state index contributed by atoms with van der Waals surface area (Å²) in [4.78, 5) is 31.7. The van der Waals surface area contributed by atoms with Crippen molar-refractivity contribution in [3.63, 3.8) is 0 Å². The molecule has 0 unspecified atom stereocenters. The van der Waals surface area contributed by atoms with E-state index >= 15 is 0 Å². The number of rotatable bonds is 5. The number of nitrogens with zero attached hydrogens (tertiary/aromatic N) is 2. The van der Waals surface area contributed by atoms with Gasteiger partial charge in [0.05, 0.1) is 12.1 Å². The molecule has 4 rings (SSSR count). The number of nitrogens with one attached hydrogen (secondary N) is 1. The van der Waals surface area contributed by atoms with Crippen LogP contribution in [-0.4, -0.2) is 21.7 Å². The predicted octanol–water partition coefficient (Wildman–Crippen LogP) is 4.23. The molecule has 1 aliphatic heterocycles. The molecule has 0 saturated heterocycles. The molecule has 0 spiro atoms. The van der Waals surface area contributed by atoms with E-state index in [1.165, 1.54) is 29.2 Å². The SMILES string of the molecule is Cc1ccc(NC2=C(c3ccc(F)cc3)C(=O)N(Cc3cccnc3)C2=O)cc1C. The Hall–Kier alpha value is -3.80. The van der Waals surface area contributed by atoms with E-state index < -0.39 is 17.6 Å². The molecule has 1 N–H and O–H groups in total. The molecule has 150 valence electrons. The van der Waals surface area contributed by atoms with Crippen LogP contribution in [0.3, 0.4) is 0 Å². The largest absolute Gasteiger partial charge is 0.350 e. The van der Waals surface area contributed by atoms with Crippen molar-refractivity contribution in [2.24, 2.45) is 0 Å². The third-order valence-electron chi connectivity index (χ3n) is 5.14. The van der Waals surface area contributed by atoms with E-state index in [0.717, 1.165) is 16.7 Å². The molecule has 0 bridgehead atoms. The van der Waals surface area contributed by atoms with E-state index in [-0.39, 0.29) is 17.8 Å². The van der Waals surface area contributed by atoms with Crippen LogP contribution < -0.4 is 5.32 Å². The molecule has 1 aliphatic rings. The number of imide groups is 1. The van der Waals surface area contributed by atoms with Gasteiger partial charge in [0.15, 0.2) is 0 Å². The molecule has 2 aromatic carbocycles. The number of hydrogen-bond donors (Lipinski definition) is 1. The Labute approximate surface area is 173 Å². The van der Waals surface area contributed by atoms with Gasteiger partial charge < -0.3 is 5.32 Å². The lowest BCUT2D eigenvalue weighted by Gasteiger charge is -2.15. The van der Waals surface area contributed by atoms with E-state index in [0.29, 0.717) is 11.3 Å². The first kappa shape index (κ1) is 19.5. The molecule has 30 heavy (non-hydrogen) atoms. The molecule has 1 aromatic heterocycles. The number of carbonyl (C=O) groups is 2. The van der Waals surface area contributed by atoms with Crippen LogP contribution in [0, 0.1) is 19.7 Å². The first-order chi connectivity index (χ1) is 14.4. The standard InChI is InChI=1S/C24H20FN3O2/c1-15-5-10-20(12-16(15)2)27-22-21(18-6-8-19(25)9-7-18)23(29)28(24(22)30)14-17-4-3-11-26-13-17/h3-13,27H,14H2,1-2H3. The highest BCUT2D eigenvalue weighted by molar-refractivity contribution is 6.36. The second kappa shape index (κ2) is 7.91. The third-order valence-corrected chi connectivity index (χ3v) is 5.14. The van der Waals surface area contributed by atoms with Crippen molar-refractivity contribution >= 4 is 23.1 Å². The van der Waals surface area contributed by atoms with Crippen molar-refractivity contribution in [3.8, 4) is 0 Å². The third kappa shape index (κ3) is 3.72. The van der Waals surface area contributed by atoms with Crippen LogP contribution in [0.1, 0.15) is 22.3 Å². The summed E-state index contributed by atoms with van der Waals surface area (Å²) in [7, 11) is 0. The normalized spacial score (nSPS) is 13.9. The van der Waals surface area contributed by atoms with E-state index in [9.17, 15) is 14.0 Å². The molecule has 0 atom stereocenters. The van der Waals surface area contributed by atoms with Crippen molar-refractivity contribution < 1.29 is 14.0 Å². The van der Waals surface area contributed by atoms with Crippen LogP contribution in [0.4, 0.5) is 10.1 Å². The maximum Gasteiger partial charge on any atom is 0.278 e. The summed E-state index contributed by atoms with van der Waals surface area (Å²) in [6.07, 6.45) is 3.25. The Morgan fingerprint density at radius 2 is 1.73 bits per heavy atom. The van der Waals surface area contributed by atoms with E-state index in [4.69, 9.17) is 0 Å². The van der Waals surface area contributed by atoms with Crippen LogP contribution >= 0.6 is 0 Å². The van der Waals surface area contributed by atoms with Gasteiger partial charge in [-0.15, -0.1) is 0 Å². The Kier molecular flexibility index (Phi) is 5.14. The average molecular weight is 401 g/mol. The smallest absolute Gasteiger partial charge is 0.278 e. The zero-order chi connectivity index (χ0) is 21.3. The number of anilines is 1. The maximum absolute atomic E-state index is 13.4. The van der Waals surface area contributed by atoms with Crippen molar-refractivity contribution in [2.75, 3.05) is 5.32 Å². The summed E-state index contributed by atoms with van der Waals surface area (Å²) in [6.45, 7) is 4.09. The van der Waals surface area contributed by atoms with Crippen LogP contribution in [0.15, 0.2) is 72.7 Å². The van der Waals surface area contributed by atoms with Gasteiger partial charge in [0, 0.05) is 18.1 Å². The van der Waals surface area contributed by atoms with Crippen LogP contribution in [-0.2, 0) is 16.1 Å². The van der Waals surface area contributed by atoms with Gasteiger partial charge in [0.1, 0.15) is 11.5 Å². The van der Waals surface area contributed by atoms with Crippen LogP contribution in [0.5, 0.6) is 0 Å². The fourth-order valence-corrected chi connectivity index (χ4v) is 3.36. The number of amides is 2. The van der Waals surface area contributed by atoms with Crippen molar-refractivity contribution in [3.05, 3.63) is 101 Å². The predicted molar refractivity (Wildman–Crippen MR) is 113 cm³/mol. The lowest BCUT2D eigenvalue weighted by Crippen LogP contribution is -2.32. The lowest BCUT2D eigenvalue weighted by atomic mass is 10.0. The number of aryl methyl sites for hydroxylation is 2. The minimum atomic E-state index is -0.429. The van der Waals surface area contributed by atoms with Gasteiger partial charge in [0.25, 0.3) is 11.8 Å². The number of aromatic nitrogens is 1. The summed E-state index contributed by atoms with van der Waals surface area (Å²) in [5.41, 5.74) is 4.52. The molecule has 0 radical (unpaired) electrons. The maximum atomic E-state index is 13.4. The molecular formula is C24H20FN3O2. The van der Waals surface area contributed by atoms with Gasteiger partial charge >= 0.3 is 0 Å². The van der Waals surface area contributed by atoms with Gasteiger partial charge in [-0.25, -0.2) is 4.39 Å². The zero-order valence-corrected chi connectivity index (χ0v) is 16.6. The summed E-state index contributed by atoms with van der Waals surface area (Å²) in [5.74, 6) is -1.27. The quantitative estimate of drug-likeness (QED) is 0.650. The monoisotopic (exact) mass is 401 g/mol. The minimum absolute atomic E-state index is 0.105. The van der Waals surface area contributed by atoms with E-state index in [2.05, 4.69) is 10.3 Å². The van der Waals surface area contributed by atoms with Gasteiger partial charge in [0.2, 0.25) is 0 Å². The Bertz CT molecular complexity index is 1150. The molecule has 0 aliphatic carbocycles. The van der Waals surface area contributed by atoms with E-state index in [1.807, 2.05) is 32.0 Å². The van der Waals surface area contributed by atoms with E-state index in [1.54, 1.807) is 24.5 Å². The molecule has 2 heterocycles. The Morgan fingerprint density at radius 1 is 0.967 bits per heavy atom.